The third kappa shape index (κ3) is 3.11. The molecule has 1 rings (SSSR count). The predicted octanol–water partition coefficient (Wildman–Crippen LogP) is -1.73. The number of rotatable bonds is 3. The van der Waals surface area contributed by atoms with Crippen molar-refractivity contribution in [3.63, 3.8) is 0 Å². The minimum absolute atomic E-state index is 0.285. The summed E-state index contributed by atoms with van der Waals surface area (Å²) in [5.41, 5.74) is -0.603. The zero-order chi connectivity index (χ0) is 13.9. The summed E-state index contributed by atoms with van der Waals surface area (Å²) in [7, 11) is 0. The van der Waals surface area contributed by atoms with Gasteiger partial charge in [0, 0.05) is 0 Å². The van der Waals surface area contributed by atoms with Crippen LogP contribution >= 0.6 is 0 Å². The molecule has 1 atom stereocenters. The molecule has 0 saturated heterocycles. The number of carbonyl (C=O) groups is 2. The van der Waals surface area contributed by atoms with Gasteiger partial charge >= 0.3 is 105 Å². The van der Waals surface area contributed by atoms with Crippen LogP contribution in [0, 0.1) is 11.5 Å². The van der Waals surface area contributed by atoms with Gasteiger partial charge in [-0.2, -0.15) is 0 Å². The van der Waals surface area contributed by atoms with Crippen LogP contribution < -0.4 is 10.6 Å². The molecule has 0 saturated carbocycles. The Morgan fingerprint density at radius 2 is 2.17 bits per heavy atom. The Morgan fingerprint density at radius 3 is 2.61 bits per heavy atom. The fourth-order valence-electron chi connectivity index (χ4n) is 1.42. The summed E-state index contributed by atoms with van der Waals surface area (Å²) < 4.78 is 28.3. The molecule has 1 aliphatic carbocycles. The van der Waals surface area contributed by atoms with E-state index in [0.717, 1.165) is 19.1 Å². The normalized spacial score (nSPS) is 19.4. The fraction of sp³-hybridized carbons (Fsp3) is 0.222. The van der Waals surface area contributed by atoms with Crippen molar-refractivity contribution in [2.45, 2.75) is 11.6 Å². The minimum atomic E-state index is -5.24. The van der Waals surface area contributed by atoms with E-state index in [4.69, 9.17) is 5.26 Å². The third-order valence-corrected chi connectivity index (χ3v) is 4.52. The number of hydrogen-bond acceptors (Lipinski definition) is 5. The Bertz CT molecular complexity index is 539. The van der Waals surface area contributed by atoms with Crippen LogP contribution in [0.15, 0.2) is 23.5 Å². The first kappa shape index (κ1) is 14.3. The van der Waals surface area contributed by atoms with E-state index in [2.05, 4.69) is 5.32 Å². The van der Waals surface area contributed by atoms with Crippen molar-refractivity contribution in [3.8, 4) is 6.19 Å². The second kappa shape index (κ2) is 5.23. The van der Waals surface area contributed by atoms with Gasteiger partial charge in [0.25, 0.3) is 0 Å². The van der Waals surface area contributed by atoms with Gasteiger partial charge in [0.15, 0.2) is 0 Å². The SMILES string of the molecule is CC(=O)NC1=C(NC#N)C([As](=O)(O)O)C=CC1=O. The van der Waals surface area contributed by atoms with Crippen molar-refractivity contribution in [3.05, 3.63) is 23.5 Å². The van der Waals surface area contributed by atoms with Gasteiger partial charge in [0.05, 0.1) is 0 Å². The Balaban J connectivity index is 3.32. The number of carbonyl (C=O) groups excluding carboxylic acids is 2. The first-order valence-electron chi connectivity index (χ1n) is 4.72. The second-order valence-corrected chi connectivity index (χ2v) is 7.10. The number of nitrogens with zero attached hydrogens (tertiary/aromatic N) is 1. The molecule has 0 aromatic carbocycles. The van der Waals surface area contributed by atoms with Gasteiger partial charge in [0.2, 0.25) is 0 Å². The molecule has 9 heteroatoms. The van der Waals surface area contributed by atoms with E-state index in [1.54, 1.807) is 0 Å². The molecule has 18 heavy (non-hydrogen) atoms. The van der Waals surface area contributed by atoms with E-state index < -0.39 is 30.6 Å². The summed E-state index contributed by atoms with van der Waals surface area (Å²) in [5.74, 6) is -1.22. The molecule has 0 bridgehead atoms. The third-order valence-electron chi connectivity index (χ3n) is 2.10. The van der Waals surface area contributed by atoms with Crippen LogP contribution in [0.2, 0.25) is 4.71 Å². The van der Waals surface area contributed by atoms with Crippen LogP contribution in [0.4, 0.5) is 0 Å². The van der Waals surface area contributed by atoms with Gasteiger partial charge in [0.1, 0.15) is 0 Å². The molecule has 0 fully saturated rings. The number of nitrogens with one attached hydrogen (secondary N) is 2. The zero-order valence-corrected chi connectivity index (χ0v) is 11.1. The molecule has 0 aromatic rings. The van der Waals surface area contributed by atoms with Crippen molar-refractivity contribution in [1.82, 2.24) is 10.6 Å². The molecule has 0 heterocycles. The molecule has 4 N–H and O–H groups in total. The van der Waals surface area contributed by atoms with Crippen molar-refractivity contribution in [2.75, 3.05) is 0 Å². The van der Waals surface area contributed by atoms with E-state index in [9.17, 15) is 21.5 Å². The summed E-state index contributed by atoms with van der Waals surface area (Å²) in [6.07, 6.45) is 3.46. The van der Waals surface area contributed by atoms with Crippen molar-refractivity contribution in [2.24, 2.45) is 0 Å². The Hall–Kier alpha value is -1.81. The fourth-order valence-corrected chi connectivity index (χ4v) is 3.18. The Morgan fingerprint density at radius 1 is 1.56 bits per heavy atom. The van der Waals surface area contributed by atoms with Crippen molar-refractivity contribution < 1.29 is 21.5 Å². The number of hydrogen-bond donors (Lipinski definition) is 4. The number of amides is 1. The molecule has 0 aliphatic heterocycles. The topological polar surface area (TPSA) is 140 Å². The molecule has 0 aromatic heterocycles. The van der Waals surface area contributed by atoms with Crippen LogP contribution in [0.1, 0.15) is 6.92 Å². The van der Waals surface area contributed by atoms with Crippen molar-refractivity contribution in [1.29, 1.82) is 5.26 Å². The first-order valence-corrected chi connectivity index (χ1v) is 8.24. The summed E-state index contributed by atoms with van der Waals surface area (Å²) >= 11 is -5.24. The Labute approximate surface area is 105 Å². The van der Waals surface area contributed by atoms with E-state index in [1.807, 2.05) is 5.32 Å². The predicted molar refractivity (Wildman–Crippen MR) is 58.4 cm³/mol. The summed E-state index contributed by atoms with van der Waals surface area (Å²) in [5, 5.41) is 12.8. The van der Waals surface area contributed by atoms with Gasteiger partial charge in [-0.1, -0.05) is 0 Å². The van der Waals surface area contributed by atoms with E-state index in [0.29, 0.717) is 0 Å². The molecular weight excluding hydrogens is 305 g/mol. The molecule has 0 spiro atoms. The quantitative estimate of drug-likeness (QED) is 0.275. The maximum atomic E-state index is 11.5. The average molecular weight is 315 g/mol. The molecule has 1 unspecified atom stereocenters. The van der Waals surface area contributed by atoms with Gasteiger partial charge in [-0.3, -0.25) is 0 Å². The second-order valence-electron chi connectivity index (χ2n) is 3.46. The van der Waals surface area contributed by atoms with Gasteiger partial charge in [-0.25, -0.2) is 0 Å². The molecule has 96 valence electrons. The van der Waals surface area contributed by atoms with Crippen LogP contribution in [0.5, 0.6) is 0 Å². The van der Waals surface area contributed by atoms with Gasteiger partial charge in [-0.15, -0.1) is 0 Å². The van der Waals surface area contributed by atoms with E-state index >= 15 is 0 Å². The standard InChI is InChI=1S/C9H10AsN3O5/c1-5(14)13-9-7(15)3-2-6(10(16,17)18)8(9)12-4-11/h2-3,6,12H,1H3,(H,13,14)(H2,16,17,18). The number of nitriles is 1. The van der Waals surface area contributed by atoms with E-state index in [1.165, 1.54) is 6.19 Å². The van der Waals surface area contributed by atoms with Gasteiger partial charge < -0.3 is 0 Å². The molecule has 8 nitrogen and oxygen atoms in total. The maximum absolute atomic E-state index is 11.5. The zero-order valence-electron chi connectivity index (χ0n) is 9.25. The number of allylic oxidation sites excluding steroid dienone is 2. The van der Waals surface area contributed by atoms with Crippen LogP contribution in [0.25, 0.3) is 0 Å². The first-order chi connectivity index (χ1) is 8.27. The summed E-state index contributed by atoms with van der Waals surface area (Å²) in [6.45, 7) is 1.14. The van der Waals surface area contributed by atoms with Crippen LogP contribution in [-0.2, 0) is 13.3 Å². The van der Waals surface area contributed by atoms with Crippen LogP contribution in [-0.4, -0.2) is 34.1 Å². The average Bonchev–Trinajstić information content (AvgIpc) is 2.21. The molecule has 0 radical (unpaired) electrons. The molecule has 1 aliphatic rings. The molecular formula is C9H10AsN3O5. The number of ketones is 1. The van der Waals surface area contributed by atoms with Crippen molar-refractivity contribution >= 4 is 25.9 Å². The summed E-state index contributed by atoms with van der Waals surface area (Å²) in [6, 6.07) is 0. The Kier molecular flexibility index (Phi) is 4.14. The summed E-state index contributed by atoms with van der Waals surface area (Å²) in [4.78, 5) is 22.5. The molecule has 1 amide bonds. The van der Waals surface area contributed by atoms with Crippen LogP contribution in [0.3, 0.4) is 0 Å². The van der Waals surface area contributed by atoms with Gasteiger partial charge in [-0.05, 0) is 0 Å². The van der Waals surface area contributed by atoms with E-state index in [-0.39, 0.29) is 11.4 Å². The monoisotopic (exact) mass is 315 g/mol.